The van der Waals surface area contributed by atoms with Gasteiger partial charge in [-0.05, 0) is 43.2 Å². The largest absolute Gasteiger partial charge is 0.361 e. The standard InChI is InChI=1S/C16H22N2/c17-15-7-3-1-5-12(15)9-10-13-11-18-16-8-4-2-6-14(13)16/h2,4,6,8,11-12,15,18H,1,3,5,7,9-10,17H2. The molecule has 0 bridgehead atoms. The normalized spacial score (nSPS) is 24.5. The molecular formula is C16H22N2. The van der Waals surface area contributed by atoms with Crippen LogP contribution in [0.1, 0.15) is 37.7 Å². The molecule has 0 spiro atoms. The molecule has 0 saturated heterocycles. The van der Waals surface area contributed by atoms with E-state index in [1.165, 1.54) is 48.6 Å². The summed E-state index contributed by atoms with van der Waals surface area (Å²) in [5.74, 6) is 0.729. The highest BCUT2D eigenvalue weighted by molar-refractivity contribution is 5.82. The van der Waals surface area contributed by atoms with Crippen LogP contribution in [0.15, 0.2) is 30.5 Å². The molecule has 96 valence electrons. The highest BCUT2D eigenvalue weighted by atomic mass is 14.7. The molecule has 2 aromatic rings. The molecule has 2 unspecified atom stereocenters. The molecule has 1 fully saturated rings. The van der Waals surface area contributed by atoms with E-state index in [0.717, 1.165) is 12.3 Å². The molecule has 2 atom stereocenters. The van der Waals surface area contributed by atoms with E-state index >= 15 is 0 Å². The number of para-hydroxylation sites is 1. The van der Waals surface area contributed by atoms with E-state index in [4.69, 9.17) is 5.73 Å². The summed E-state index contributed by atoms with van der Waals surface area (Å²) in [4.78, 5) is 3.36. The first-order chi connectivity index (χ1) is 8.84. The van der Waals surface area contributed by atoms with Crippen molar-refractivity contribution in [2.24, 2.45) is 11.7 Å². The number of aromatic nitrogens is 1. The molecule has 2 nitrogen and oxygen atoms in total. The number of H-pyrrole nitrogens is 1. The lowest BCUT2D eigenvalue weighted by atomic mass is 9.81. The van der Waals surface area contributed by atoms with Gasteiger partial charge in [0.1, 0.15) is 0 Å². The molecule has 0 aliphatic heterocycles. The third-order valence-electron chi connectivity index (χ3n) is 4.43. The van der Waals surface area contributed by atoms with Crippen LogP contribution in [0.25, 0.3) is 10.9 Å². The smallest absolute Gasteiger partial charge is 0.0456 e. The Hall–Kier alpha value is -1.28. The summed E-state index contributed by atoms with van der Waals surface area (Å²) < 4.78 is 0. The Kier molecular flexibility index (Phi) is 3.37. The van der Waals surface area contributed by atoms with Gasteiger partial charge in [-0.15, -0.1) is 0 Å². The van der Waals surface area contributed by atoms with Crippen molar-refractivity contribution in [3.63, 3.8) is 0 Å². The Morgan fingerprint density at radius 2 is 2.00 bits per heavy atom. The average molecular weight is 242 g/mol. The summed E-state index contributed by atoms with van der Waals surface area (Å²) >= 11 is 0. The number of rotatable bonds is 3. The molecule has 3 N–H and O–H groups in total. The SMILES string of the molecule is NC1CCCCC1CCc1c[nH]c2ccccc12. The zero-order chi connectivity index (χ0) is 12.4. The van der Waals surface area contributed by atoms with E-state index in [0.29, 0.717) is 6.04 Å². The lowest BCUT2D eigenvalue weighted by molar-refractivity contribution is 0.292. The van der Waals surface area contributed by atoms with Gasteiger partial charge in [0.05, 0.1) is 0 Å². The number of hydrogen-bond acceptors (Lipinski definition) is 1. The molecule has 18 heavy (non-hydrogen) atoms. The van der Waals surface area contributed by atoms with Gasteiger partial charge in [-0.1, -0.05) is 31.0 Å². The van der Waals surface area contributed by atoms with Crippen molar-refractivity contribution in [2.75, 3.05) is 0 Å². The number of nitrogens with one attached hydrogen (secondary N) is 1. The highest BCUT2D eigenvalue weighted by Crippen LogP contribution is 2.28. The van der Waals surface area contributed by atoms with Crippen LogP contribution in [0, 0.1) is 5.92 Å². The molecule has 2 heteroatoms. The van der Waals surface area contributed by atoms with Crippen LogP contribution in [-0.2, 0) is 6.42 Å². The second-order valence-corrected chi connectivity index (χ2v) is 5.61. The predicted octanol–water partition coefficient (Wildman–Crippen LogP) is 3.62. The highest BCUT2D eigenvalue weighted by Gasteiger charge is 2.21. The molecule has 1 aromatic heterocycles. The molecule has 0 radical (unpaired) electrons. The first kappa shape index (κ1) is 11.8. The van der Waals surface area contributed by atoms with Gasteiger partial charge < -0.3 is 10.7 Å². The van der Waals surface area contributed by atoms with Crippen molar-refractivity contribution in [2.45, 2.75) is 44.6 Å². The van der Waals surface area contributed by atoms with Crippen molar-refractivity contribution in [3.8, 4) is 0 Å². The Morgan fingerprint density at radius 3 is 2.89 bits per heavy atom. The topological polar surface area (TPSA) is 41.8 Å². The zero-order valence-electron chi connectivity index (χ0n) is 10.9. The van der Waals surface area contributed by atoms with Crippen LogP contribution in [-0.4, -0.2) is 11.0 Å². The first-order valence-electron chi connectivity index (χ1n) is 7.15. The number of aryl methyl sites for hydroxylation is 1. The quantitative estimate of drug-likeness (QED) is 0.848. The second-order valence-electron chi connectivity index (χ2n) is 5.61. The van der Waals surface area contributed by atoms with Crippen LogP contribution in [0.5, 0.6) is 0 Å². The molecule has 1 aliphatic rings. The van der Waals surface area contributed by atoms with Crippen molar-refractivity contribution >= 4 is 10.9 Å². The monoisotopic (exact) mass is 242 g/mol. The van der Waals surface area contributed by atoms with Crippen molar-refractivity contribution < 1.29 is 0 Å². The summed E-state index contributed by atoms with van der Waals surface area (Å²) in [6.07, 6.45) is 9.80. The van der Waals surface area contributed by atoms with Crippen LogP contribution in [0.2, 0.25) is 0 Å². The maximum absolute atomic E-state index is 6.22. The third-order valence-corrected chi connectivity index (χ3v) is 4.43. The van der Waals surface area contributed by atoms with Gasteiger partial charge in [-0.3, -0.25) is 0 Å². The van der Waals surface area contributed by atoms with Gasteiger partial charge in [0.2, 0.25) is 0 Å². The molecule has 3 rings (SSSR count). The summed E-state index contributed by atoms with van der Waals surface area (Å²) in [5.41, 5.74) is 8.92. The van der Waals surface area contributed by atoms with Crippen LogP contribution in [0.4, 0.5) is 0 Å². The van der Waals surface area contributed by atoms with Gasteiger partial charge in [0.25, 0.3) is 0 Å². The predicted molar refractivity (Wildman–Crippen MR) is 76.6 cm³/mol. The molecule has 1 aliphatic carbocycles. The van der Waals surface area contributed by atoms with E-state index in [-0.39, 0.29) is 0 Å². The van der Waals surface area contributed by atoms with Gasteiger partial charge in [-0.2, -0.15) is 0 Å². The van der Waals surface area contributed by atoms with E-state index in [1.54, 1.807) is 0 Å². The average Bonchev–Trinajstić information content (AvgIpc) is 2.81. The maximum atomic E-state index is 6.22. The van der Waals surface area contributed by atoms with Crippen molar-refractivity contribution in [1.82, 2.24) is 4.98 Å². The molecule has 1 heterocycles. The third kappa shape index (κ3) is 2.30. The van der Waals surface area contributed by atoms with Crippen LogP contribution in [0.3, 0.4) is 0 Å². The fraction of sp³-hybridized carbons (Fsp3) is 0.500. The number of fused-ring (bicyclic) bond motifs is 1. The van der Waals surface area contributed by atoms with Crippen molar-refractivity contribution in [3.05, 3.63) is 36.0 Å². The number of nitrogens with two attached hydrogens (primary N) is 1. The Bertz CT molecular complexity index is 515. The summed E-state index contributed by atoms with van der Waals surface area (Å²) in [6.45, 7) is 0. The molecular weight excluding hydrogens is 220 g/mol. The molecule has 1 saturated carbocycles. The van der Waals surface area contributed by atoms with Gasteiger partial charge in [-0.25, -0.2) is 0 Å². The minimum absolute atomic E-state index is 0.434. The molecule has 1 aromatic carbocycles. The van der Waals surface area contributed by atoms with Gasteiger partial charge >= 0.3 is 0 Å². The van der Waals surface area contributed by atoms with E-state index in [9.17, 15) is 0 Å². The maximum Gasteiger partial charge on any atom is 0.0456 e. The first-order valence-corrected chi connectivity index (χ1v) is 7.15. The van der Waals surface area contributed by atoms with Crippen LogP contribution < -0.4 is 5.73 Å². The second kappa shape index (κ2) is 5.15. The Labute approximate surface area is 109 Å². The fourth-order valence-electron chi connectivity index (χ4n) is 3.27. The Balaban J connectivity index is 1.69. The Morgan fingerprint density at radius 1 is 1.17 bits per heavy atom. The number of benzene rings is 1. The van der Waals surface area contributed by atoms with E-state index < -0.39 is 0 Å². The van der Waals surface area contributed by atoms with Crippen LogP contribution >= 0.6 is 0 Å². The lowest BCUT2D eigenvalue weighted by Crippen LogP contribution is -2.33. The zero-order valence-corrected chi connectivity index (χ0v) is 10.9. The summed E-state index contributed by atoms with van der Waals surface area (Å²) in [7, 11) is 0. The minimum Gasteiger partial charge on any atom is -0.361 e. The lowest BCUT2D eigenvalue weighted by Gasteiger charge is -2.28. The van der Waals surface area contributed by atoms with Crippen molar-refractivity contribution in [1.29, 1.82) is 0 Å². The van der Waals surface area contributed by atoms with E-state index in [2.05, 4.69) is 35.4 Å². The van der Waals surface area contributed by atoms with Gasteiger partial charge in [0.15, 0.2) is 0 Å². The molecule has 0 amide bonds. The van der Waals surface area contributed by atoms with Gasteiger partial charge in [0, 0.05) is 23.1 Å². The summed E-state index contributed by atoms with van der Waals surface area (Å²) in [5, 5.41) is 1.38. The fourth-order valence-corrected chi connectivity index (χ4v) is 3.27. The number of aromatic amines is 1. The number of hydrogen-bond donors (Lipinski definition) is 2. The minimum atomic E-state index is 0.434. The summed E-state index contributed by atoms with van der Waals surface area (Å²) in [6, 6.07) is 8.99. The van der Waals surface area contributed by atoms with E-state index in [1.807, 2.05) is 0 Å².